The summed E-state index contributed by atoms with van der Waals surface area (Å²) >= 11 is 0. The Morgan fingerprint density at radius 2 is 0.467 bits per heavy atom. The van der Waals surface area contributed by atoms with Gasteiger partial charge in [-0.2, -0.15) is 40.6 Å². The van der Waals surface area contributed by atoms with Crippen LogP contribution in [0.2, 0.25) is 0 Å². The fraction of sp³-hybridized carbons (Fsp3) is 0. The summed E-state index contributed by atoms with van der Waals surface area (Å²) in [7, 11) is 0. The number of hydrogen-bond acceptors (Lipinski definition) is 0. The number of rotatable bonds is 8. The van der Waals surface area contributed by atoms with E-state index in [1.54, 1.807) is 0 Å². The maximum Gasteiger partial charge on any atom is 0.306 e. The van der Waals surface area contributed by atoms with Crippen molar-refractivity contribution in [2.45, 2.75) is 0 Å². The molecular weight excluding hydrogens is 908 g/mol. The lowest BCUT2D eigenvalue weighted by Gasteiger charge is -2.45. The minimum atomic E-state index is -7.61. The summed E-state index contributed by atoms with van der Waals surface area (Å²) in [5.41, 5.74) is -28.6. The van der Waals surface area contributed by atoms with Gasteiger partial charge in [-0.25, -0.2) is 83.4 Å². The van der Waals surface area contributed by atoms with Crippen LogP contribution in [-0.4, -0.2) is 6.15 Å². The Kier molecular flexibility index (Phi) is 12.6. The van der Waals surface area contributed by atoms with Gasteiger partial charge in [-0.05, 0) is 0 Å². The third-order valence-electron chi connectivity index (χ3n) is 8.39. The Labute approximate surface area is 310 Å². The average molecular weight is 909 g/mol. The molecule has 60 heavy (non-hydrogen) atoms. The molecule has 4 rings (SSSR count). The van der Waals surface area contributed by atoms with Crippen molar-refractivity contribution < 1.29 is 119 Å². The zero-order valence-corrected chi connectivity index (χ0v) is 26.9. The van der Waals surface area contributed by atoms with Gasteiger partial charge in [0, 0.05) is 0 Å². The summed E-state index contributed by atoms with van der Waals surface area (Å²) in [4.78, 5) is 0. The van der Waals surface area contributed by atoms with E-state index < -0.39 is 191 Å². The standard InChI is InChI=1S/C32HBF27/c34-3-1-2(11(35)12(36)4(3)19(43)29(53)54)33(8-23(47)13(37)5(14(38)24(8)48)20(44)30(55)56,9-25(49)15(39)6(16(40)26(9)50)21(45)31(57)58)10-27(51)17(41)7(18(42)28(10)52)22(46)32(59)60/h1H/q-1. The molecule has 322 valence electrons. The topological polar surface area (TPSA) is 0 Å². The smallest absolute Gasteiger partial charge is 0.207 e. The summed E-state index contributed by atoms with van der Waals surface area (Å²) in [6.45, 7) is 0. The van der Waals surface area contributed by atoms with Crippen LogP contribution in [0.3, 0.4) is 0 Å². The monoisotopic (exact) mass is 909 g/mol. The first-order valence-electron chi connectivity index (χ1n) is 14.3. The van der Waals surface area contributed by atoms with Crippen LogP contribution >= 0.6 is 0 Å². The largest absolute Gasteiger partial charge is 0.306 e. The van der Waals surface area contributed by atoms with Gasteiger partial charge in [0.1, 0.15) is 52.7 Å². The van der Waals surface area contributed by atoms with Crippen LogP contribution in [0.1, 0.15) is 22.3 Å². The van der Waals surface area contributed by atoms with E-state index in [4.69, 9.17) is 0 Å². The summed E-state index contributed by atoms with van der Waals surface area (Å²) in [5, 5.41) is 0. The van der Waals surface area contributed by atoms with Crippen molar-refractivity contribution in [3.8, 4) is 0 Å². The summed E-state index contributed by atoms with van der Waals surface area (Å²) < 4.78 is 398. The average Bonchev–Trinajstić information content (AvgIpc) is 3.16. The molecule has 4 aromatic carbocycles. The molecule has 0 radical (unpaired) electrons. The molecule has 0 bridgehead atoms. The van der Waals surface area contributed by atoms with Crippen LogP contribution in [0.5, 0.6) is 0 Å². The molecule has 0 unspecified atom stereocenters. The van der Waals surface area contributed by atoms with E-state index >= 15 is 65.9 Å². The highest BCUT2D eigenvalue weighted by Crippen LogP contribution is 2.38. The third-order valence-corrected chi connectivity index (χ3v) is 8.39. The molecule has 28 heteroatoms. The van der Waals surface area contributed by atoms with E-state index in [-0.39, 0.29) is 0 Å². The molecule has 0 fully saturated rings. The Morgan fingerprint density at radius 1 is 0.267 bits per heavy atom. The van der Waals surface area contributed by atoms with Gasteiger partial charge in [0.25, 0.3) is 0 Å². The first-order chi connectivity index (χ1) is 27.6. The molecule has 0 aromatic heterocycles. The molecule has 0 saturated carbocycles. The molecule has 0 aliphatic rings. The minimum absolute atomic E-state index is 1.52. The Hall–Kier alpha value is -5.99. The molecule has 4 aromatic rings. The zero-order valence-electron chi connectivity index (χ0n) is 26.9. The normalized spacial score (nSPS) is 11.6. The van der Waals surface area contributed by atoms with Crippen molar-refractivity contribution in [1.82, 2.24) is 0 Å². The predicted molar refractivity (Wildman–Crippen MR) is 150 cm³/mol. The zero-order chi connectivity index (χ0) is 46.1. The van der Waals surface area contributed by atoms with Gasteiger partial charge in [0.05, 0.1) is 22.3 Å². The second-order valence-corrected chi connectivity index (χ2v) is 11.2. The van der Waals surface area contributed by atoms with Crippen LogP contribution in [-0.2, 0) is 0 Å². The van der Waals surface area contributed by atoms with Crippen LogP contribution in [0, 0.1) is 87.3 Å². The van der Waals surface area contributed by atoms with Crippen LogP contribution < -0.4 is 21.9 Å². The third kappa shape index (κ3) is 6.71. The van der Waals surface area contributed by atoms with Gasteiger partial charge in [-0.15, -0.1) is 16.4 Å². The van der Waals surface area contributed by atoms with Crippen LogP contribution in [0.15, 0.2) is 30.4 Å². The molecule has 0 nitrogen and oxygen atoms in total. The molecule has 0 spiro atoms. The lowest BCUT2D eigenvalue weighted by Crippen LogP contribution is -2.80. The van der Waals surface area contributed by atoms with E-state index in [1.807, 2.05) is 0 Å². The van der Waals surface area contributed by atoms with Crippen LogP contribution in [0.4, 0.5) is 119 Å². The van der Waals surface area contributed by atoms with Crippen molar-refractivity contribution in [2.75, 3.05) is 0 Å². The van der Waals surface area contributed by atoms with E-state index in [0.29, 0.717) is 0 Å². The molecule has 0 aliphatic heterocycles. The van der Waals surface area contributed by atoms with Crippen molar-refractivity contribution in [3.63, 3.8) is 0 Å². The van der Waals surface area contributed by atoms with E-state index in [1.165, 1.54) is 0 Å². The maximum absolute atomic E-state index is 16.2. The first kappa shape index (κ1) is 46.7. The second-order valence-electron chi connectivity index (χ2n) is 11.2. The Balaban J connectivity index is 2.73. The van der Waals surface area contributed by atoms with E-state index in [9.17, 15) is 52.7 Å². The first-order valence-corrected chi connectivity index (χ1v) is 14.3. The molecule has 0 amide bonds. The second kappa shape index (κ2) is 16.2. The predicted octanol–water partition coefficient (Wildman–Crippen LogP) is 11.3. The number of benzene rings is 4. The van der Waals surface area contributed by atoms with Crippen molar-refractivity contribution in [2.24, 2.45) is 0 Å². The van der Waals surface area contributed by atoms with E-state index in [0.717, 1.165) is 0 Å². The van der Waals surface area contributed by atoms with Gasteiger partial charge in [-0.3, -0.25) is 0 Å². The van der Waals surface area contributed by atoms with Gasteiger partial charge in [-0.1, -0.05) is 6.07 Å². The quantitative estimate of drug-likeness (QED) is 0.0939. The Morgan fingerprint density at radius 3 is 0.683 bits per heavy atom. The van der Waals surface area contributed by atoms with Gasteiger partial charge in [0.2, 0.25) is 23.3 Å². The number of halogens is 27. The van der Waals surface area contributed by atoms with Gasteiger partial charge in [0.15, 0.2) is 40.7 Å². The summed E-state index contributed by atoms with van der Waals surface area (Å²) in [6.07, 6.45) is -23.5. The molecule has 0 saturated heterocycles. The fourth-order valence-corrected chi connectivity index (χ4v) is 6.07. The SMILES string of the molecule is FC(F)=C(F)c1c(F)cc([B-](c2c(F)c(F)c(C(F)=C(F)F)c(F)c2F)(c2c(F)c(F)c(C(F)=C(F)F)c(F)c2F)c2c(F)c(F)c(C(F)=C(F)F)c(F)c2F)c(F)c1F. The molecule has 0 heterocycles. The minimum Gasteiger partial charge on any atom is -0.207 e. The summed E-state index contributed by atoms with van der Waals surface area (Å²) in [6, 6.07) is -1.52. The van der Waals surface area contributed by atoms with Gasteiger partial charge < -0.3 is 0 Å². The molecule has 0 aliphatic carbocycles. The Bertz CT molecular complexity index is 2350. The number of hydrogen-bond donors (Lipinski definition) is 0. The van der Waals surface area contributed by atoms with E-state index in [2.05, 4.69) is 0 Å². The lowest BCUT2D eigenvalue weighted by molar-refractivity contribution is 0.402. The van der Waals surface area contributed by atoms with Gasteiger partial charge >= 0.3 is 24.3 Å². The highest BCUT2D eigenvalue weighted by Gasteiger charge is 2.51. The summed E-state index contributed by atoms with van der Waals surface area (Å²) in [5.74, 6) is -73.6. The maximum atomic E-state index is 16.2. The fourth-order valence-electron chi connectivity index (χ4n) is 6.07. The highest BCUT2D eigenvalue weighted by atomic mass is 19.3. The molecular formula is C32HBF27-. The van der Waals surface area contributed by atoms with Crippen molar-refractivity contribution in [1.29, 1.82) is 0 Å². The lowest BCUT2D eigenvalue weighted by atomic mass is 9.12. The molecule has 0 N–H and O–H groups in total. The van der Waals surface area contributed by atoms with Crippen molar-refractivity contribution in [3.05, 3.63) is 140 Å². The van der Waals surface area contributed by atoms with Crippen molar-refractivity contribution >= 4 is 51.3 Å². The van der Waals surface area contributed by atoms with Crippen LogP contribution in [0.25, 0.3) is 23.3 Å². The molecule has 0 atom stereocenters. The highest BCUT2D eigenvalue weighted by molar-refractivity contribution is 7.20.